The normalized spacial score (nSPS) is 13.1. The van der Waals surface area contributed by atoms with Gasteiger partial charge in [0.25, 0.3) is 5.91 Å². The van der Waals surface area contributed by atoms with Crippen molar-refractivity contribution in [2.75, 3.05) is 44.7 Å². The van der Waals surface area contributed by atoms with Gasteiger partial charge in [0, 0.05) is 51.3 Å². The molecule has 2 N–H and O–H groups in total. The first-order chi connectivity index (χ1) is 17.3. The molecule has 3 aromatic rings. The lowest BCUT2D eigenvalue weighted by Gasteiger charge is -2.32. The van der Waals surface area contributed by atoms with E-state index in [4.69, 9.17) is 0 Å². The molecule has 2 aromatic carbocycles. The van der Waals surface area contributed by atoms with Gasteiger partial charge >= 0.3 is 0 Å². The van der Waals surface area contributed by atoms with E-state index < -0.39 is 0 Å². The second-order valence-electron chi connectivity index (χ2n) is 9.43. The molecule has 9 heteroatoms. The summed E-state index contributed by atoms with van der Waals surface area (Å²) in [6.07, 6.45) is 0. The summed E-state index contributed by atoms with van der Waals surface area (Å²) in [5.74, 6) is -0.179. The van der Waals surface area contributed by atoms with Crippen LogP contribution < -0.4 is 15.5 Å². The highest BCUT2D eigenvalue weighted by molar-refractivity contribution is 5.91. The summed E-state index contributed by atoms with van der Waals surface area (Å²) in [5, 5.41) is 15.5. The van der Waals surface area contributed by atoms with Crippen molar-refractivity contribution < 1.29 is 9.59 Å². The Balaban J connectivity index is 1.55. The molecule has 0 aliphatic carbocycles. The van der Waals surface area contributed by atoms with Gasteiger partial charge in [0.2, 0.25) is 5.91 Å². The molecule has 0 radical (unpaired) electrons. The van der Waals surface area contributed by atoms with Gasteiger partial charge in [-0.25, -0.2) is 5.01 Å². The van der Waals surface area contributed by atoms with Crippen molar-refractivity contribution in [1.82, 2.24) is 30.4 Å². The van der Waals surface area contributed by atoms with Crippen LogP contribution in [0.5, 0.6) is 0 Å². The Morgan fingerprint density at radius 2 is 1.75 bits per heavy atom. The molecule has 36 heavy (non-hydrogen) atoms. The second kappa shape index (κ2) is 11.1. The number of carbonyl (C=O) groups excluding carboxylic acids is 2. The Bertz CT molecular complexity index is 1230. The van der Waals surface area contributed by atoms with Crippen molar-refractivity contribution in [1.29, 1.82) is 0 Å². The van der Waals surface area contributed by atoms with Crippen LogP contribution >= 0.6 is 0 Å². The average Bonchev–Trinajstić information content (AvgIpc) is 3.40. The standard InChI is InChI=1S/C27H37N7O2/c1-6-28-11-12-29-26(35)17-33(24-14-25-23(13-19(24)2)20(3)30-31(25)4)18-27(36)32(5)34-15-21-9-7-8-10-22(21)16-34/h7-10,13-14,28H,6,11-12,15-18H2,1-5H3,(H,29,35). The van der Waals surface area contributed by atoms with Crippen LogP contribution in [0.25, 0.3) is 10.9 Å². The second-order valence-corrected chi connectivity index (χ2v) is 9.43. The maximum Gasteiger partial charge on any atom is 0.256 e. The van der Waals surface area contributed by atoms with E-state index in [0.717, 1.165) is 34.4 Å². The van der Waals surface area contributed by atoms with Crippen LogP contribution in [0.1, 0.15) is 29.3 Å². The van der Waals surface area contributed by atoms with E-state index in [1.54, 1.807) is 5.01 Å². The molecule has 0 spiro atoms. The van der Waals surface area contributed by atoms with Gasteiger partial charge in [-0.2, -0.15) is 5.10 Å². The van der Waals surface area contributed by atoms with E-state index in [0.29, 0.717) is 26.2 Å². The van der Waals surface area contributed by atoms with Gasteiger partial charge in [-0.3, -0.25) is 19.3 Å². The maximum atomic E-state index is 13.5. The van der Waals surface area contributed by atoms with Crippen LogP contribution in [0.4, 0.5) is 5.69 Å². The number of hydrogen-bond acceptors (Lipinski definition) is 6. The predicted octanol–water partition coefficient (Wildman–Crippen LogP) is 2.11. The summed E-state index contributed by atoms with van der Waals surface area (Å²) in [7, 11) is 3.72. The fourth-order valence-corrected chi connectivity index (χ4v) is 4.79. The summed E-state index contributed by atoms with van der Waals surface area (Å²) in [6, 6.07) is 12.4. The highest BCUT2D eigenvalue weighted by Gasteiger charge is 2.27. The quantitative estimate of drug-likeness (QED) is 0.423. The van der Waals surface area contributed by atoms with E-state index in [1.807, 2.05) is 67.7 Å². The first-order valence-electron chi connectivity index (χ1n) is 12.5. The minimum absolute atomic E-state index is 0.0658. The third kappa shape index (κ3) is 5.52. The van der Waals surface area contributed by atoms with Crippen LogP contribution in [0.3, 0.4) is 0 Å². The Labute approximate surface area is 213 Å². The van der Waals surface area contributed by atoms with Gasteiger partial charge < -0.3 is 15.5 Å². The smallest absolute Gasteiger partial charge is 0.256 e. The number of nitrogens with one attached hydrogen (secondary N) is 2. The fraction of sp³-hybridized carbons (Fsp3) is 0.444. The third-order valence-corrected chi connectivity index (χ3v) is 6.84. The van der Waals surface area contributed by atoms with Gasteiger partial charge in [-0.1, -0.05) is 31.2 Å². The zero-order valence-corrected chi connectivity index (χ0v) is 22.0. The molecule has 192 valence electrons. The highest BCUT2D eigenvalue weighted by atomic mass is 16.2. The largest absolute Gasteiger partial charge is 0.353 e. The number of fused-ring (bicyclic) bond motifs is 2. The Morgan fingerprint density at radius 3 is 2.42 bits per heavy atom. The topological polar surface area (TPSA) is 85.7 Å². The van der Waals surface area contributed by atoms with Crippen LogP contribution in [0.15, 0.2) is 36.4 Å². The number of hydrazine groups is 1. The first-order valence-corrected chi connectivity index (χ1v) is 12.5. The minimum Gasteiger partial charge on any atom is -0.353 e. The lowest BCUT2D eigenvalue weighted by Crippen LogP contribution is -2.48. The van der Waals surface area contributed by atoms with E-state index in [1.165, 1.54) is 11.1 Å². The van der Waals surface area contributed by atoms with E-state index in [9.17, 15) is 9.59 Å². The van der Waals surface area contributed by atoms with Crippen molar-refractivity contribution in [3.8, 4) is 0 Å². The Hall–Kier alpha value is -3.43. The van der Waals surface area contributed by atoms with Gasteiger partial charge in [-0.15, -0.1) is 0 Å². The summed E-state index contributed by atoms with van der Waals surface area (Å²) in [4.78, 5) is 28.2. The van der Waals surface area contributed by atoms with E-state index >= 15 is 0 Å². The highest BCUT2D eigenvalue weighted by Crippen LogP contribution is 2.29. The molecule has 0 unspecified atom stereocenters. The van der Waals surface area contributed by atoms with E-state index in [-0.39, 0.29) is 24.9 Å². The summed E-state index contributed by atoms with van der Waals surface area (Å²) < 4.78 is 1.84. The van der Waals surface area contributed by atoms with Crippen LogP contribution in [-0.2, 0) is 29.7 Å². The number of anilines is 1. The van der Waals surface area contributed by atoms with Crippen LogP contribution in [-0.4, -0.2) is 71.4 Å². The number of amides is 2. The van der Waals surface area contributed by atoms with Crippen molar-refractivity contribution in [2.24, 2.45) is 7.05 Å². The number of carbonyl (C=O) groups is 2. The summed E-state index contributed by atoms with van der Waals surface area (Å²) in [5.41, 5.74) is 6.27. The fourth-order valence-electron chi connectivity index (χ4n) is 4.79. The SMILES string of the molecule is CCNCCNC(=O)CN(CC(=O)N(C)N1Cc2ccccc2C1)c1cc2c(cc1C)c(C)nn2C. The zero-order valence-electron chi connectivity index (χ0n) is 22.0. The predicted molar refractivity (Wildman–Crippen MR) is 142 cm³/mol. The summed E-state index contributed by atoms with van der Waals surface area (Å²) >= 11 is 0. The molecule has 1 aromatic heterocycles. The molecule has 0 saturated heterocycles. The van der Waals surface area contributed by atoms with Crippen molar-refractivity contribution in [3.63, 3.8) is 0 Å². The number of aryl methyl sites for hydroxylation is 3. The lowest BCUT2D eigenvalue weighted by molar-refractivity contribution is -0.145. The number of hydrogen-bond donors (Lipinski definition) is 2. The molecule has 2 heterocycles. The summed E-state index contributed by atoms with van der Waals surface area (Å²) in [6.45, 7) is 9.72. The first kappa shape index (κ1) is 25.7. The average molecular weight is 492 g/mol. The molecule has 0 bridgehead atoms. The molecule has 9 nitrogen and oxygen atoms in total. The van der Waals surface area contributed by atoms with Crippen molar-refractivity contribution in [2.45, 2.75) is 33.9 Å². The Morgan fingerprint density at radius 1 is 1.06 bits per heavy atom. The number of aromatic nitrogens is 2. The van der Waals surface area contributed by atoms with Gasteiger partial charge in [0.15, 0.2) is 0 Å². The van der Waals surface area contributed by atoms with Gasteiger partial charge in [-0.05, 0) is 49.2 Å². The van der Waals surface area contributed by atoms with Gasteiger partial charge in [0.1, 0.15) is 0 Å². The molecule has 1 aliphatic rings. The van der Waals surface area contributed by atoms with Gasteiger partial charge in [0.05, 0.1) is 24.3 Å². The number of likely N-dealkylation sites (N-methyl/N-ethyl adjacent to an activating group) is 2. The molecule has 2 amide bonds. The monoisotopic (exact) mass is 491 g/mol. The van der Waals surface area contributed by atoms with Crippen molar-refractivity contribution >= 4 is 28.4 Å². The zero-order chi connectivity index (χ0) is 25.8. The van der Waals surface area contributed by atoms with E-state index in [2.05, 4.69) is 33.9 Å². The lowest BCUT2D eigenvalue weighted by atomic mass is 10.1. The van der Waals surface area contributed by atoms with Crippen LogP contribution in [0.2, 0.25) is 0 Å². The molecule has 0 atom stereocenters. The minimum atomic E-state index is -0.113. The molecule has 0 saturated carbocycles. The van der Waals surface area contributed by atoms with Crippen molar-refractivity contribution in [3.05, 3.63) is 58.8 Å². The Kier molecular flexibility index (Phi) is 7.91. The molecular weight excluding hydrogens is 454 g/mol. The maximum absolute atomic E-state index is 13.5. The number of benzene rings is 2. The molecule has 1 aliphatic heterocycles. The third-order valence-electron chi connectivity index (χ3n) is 6.84. The molecule has 0 fully saturated rings. The number of nitrogens with zero attached hydrogens (tertiary/aromatic N) is 5. The molecular formula is C27H37N7O2. The van der Waals surface area contributed by atoms with Crippen LogP contribution in [0, 0.1) is 13.8 Å². The molecule has 4 rings (SSSR count). The number of rotatable bonds is 10.